The molecular weight excluding hydrogens is 284 g/mol. The van der Waals surface area contributed by atoms with E-state index in [1.54, 1.807) is 31.2 Å². The molecule has 0 aliphatic carbocycles. The highest BCUT2D eigenvalue weighted by molar-refractivity contribution is 5.83. The molecule has 2 nitrogen and oxygen atoms in total. The number of aryl methyl sites for hydroxylation is 1. The van der Waals surface area contributed by atoms with Crippen LogP contribution >= 0.6 is 0 Å². The van der Waals surface area contributed by atoms with Crippen molar-refractivity contribution in [1.29, 1.82) is 0 Å². The Labute approximate surface area is 127 Å². The SMILES string of the molecule is CC.Cc1cc2cccc(F)c2c(=O)n1-c1cccc(F)c1. The van der Waals surface area contributed by atoms with Crippen LogP contribution in [0.4, 0.5) is 8.78 Å². The van der Waals surface area contributed by atoms with Gasteiger partial charge in [0.25, 0.3) is 5.56 Å². The first-order valence-corrected chi connectivity index (χ1v) is 7.15. The molecule has 0 spiro atoms. The fourth-order valence-corrected chi connectivity index (χ4v) is 2.38. The summed E-state index contributed by atoms with van der Waals surface area (Å²) in [5.41, 5.74) is 0.528. The van der Waals surface area contributed by atoms with Gasteiger partial charge in [-0.3, -0.25) is 9.36 Å². The zero-order valence-electron chi connectivity index (χ0n) is 12.7. The Morgan fingerprint density at radius 1 is 0.955 bits per heavy atom. The summed E-state index contributed by atoms with van der Waals surface area (Å²) in [6.07, 6.45) is 0. The van der Waals surface area contributed by atoms with E-state index in [0.717, 1.165) is 0 Å². The number of fused-ring (bicyclic) bond motifs is 1. The third-order valence-electron chi connectivity index (χ3n) is 3.25. The van der Waals surface area contributed by atoms with Crippen molar-refractivity contribution in [2.45, 2.75) is 20.8 Å². The Balaban J connectivity index is 0.000000847. The van der Waals surface area contributed by atoms with Crippen LogP contribution in [0.3, 0.4) is 0 Å². The van der Waals surface area contributed by atoms with E-state index in [1.807, 2.05) is 13.8 Å². The van der Waals surface area contributed by atoms with Crippen LogP contribution in [0.25, 0.3) is 16.5 Å². The first-order valence-electron chi connectivity index (χ1n) is 7.15. The highest BCUT2D eigenvalue weighted by Gasteiger charge is 2.12. The van der Waals surface area contributed by atoms with E-state index in [9.17, 15) is 13.6 Å². The molecule has 114 valence electrons. The molecular formula is C18H17F2NO. The summed E-state index contributed by atoms with van der Waals surface area (Å²) >= 11 is 0. The Bertz CT molecular complexity index is 869. The summed E-state index contributed by atoms with van der Waals surface area (Å²) in [5.74, 6) is -1.01. The Kier molecular flexibility index (Phi) is 4.71. The maximum Gasteiger partial charge on any atom is 0.266 e. The van der Waals surface area contributed by atoms with Gasteiger partial charge < -0.3 is 0 Å². The predicted octanol–water partition coefficient (Wildman–Crippen LogP) is 4.60. The normalized spacial score (nSPS) is 10.2. The fraction of sp³-hybridized carbons (Fsp3) is 0.167. The lowest BCUT2D eigenvalue weighted by atomic mass is 10.1. The van der Waals surface area contributed by atoms with Crippen LogP contribution in [0.1, 0.15) is 19.5 Å². The van der Waals surface area contributed by atoms with E-state index in [1.165, 1.54) is 28.8 Å². The third-order valence-corrected chi connectivity index (χ3v) is 3.25. The third kappa shape index (κ3) is 2.77. The van der Waals surface area contributed by atoms with Gasteiger partial charge in [0.15, 0.2) is 0 Å². The van der Waals surface area contributed by atoms with Gasteiger partial charge in [-0.15, -0.1) is 0 Å². The Hall–Kier alpha value is -2.49. The fourth-order valence-electron chi connectivity index (χ4n) is 2.38. The van der Waals surface area contributed by atoms with Crippen molar-refractivity contribution in [1.82, 2.24) is 4.57 Å². The topological polar surface area (TPSA) is 22.0 Å². The van der Waals surface area contributed by atoms with E-state index < -0.39 is 17.2 Å². The molecule has 1 heterocycles. The lowest BCUT2D eigenvalue weighted by molar-refractivity contribution is 0.626. The zero-order chi connectivity index (χ0) is 16.3. The van der Waals surface area contributed by atoms with E-state index >= 15 is 0 Å². The predicted molar refractivity (Wildman–Crippen MR) is 85.5 cm³/mol. The van der Waals surface area contributed by atoms with Gasteiger partial charge >= 0.3 is 0 Å². The number of aromatic nitrogens is 1. The Morgan fingerprint density at radius 3 is 2.32 bits per heavy atom. The highest BCUT2D eigenvalue weighted by atomic mass is 19.1. The molecule has 0 radical (unpaired) electrons. The number of benzene rings is 2. The van der Waals surface area contributed by atoms with Gasteiger partial charge in [0, 0.05) is 5.69 Å². The van der Waals surface area contributed by atoms with Gasteiger partial charge in [-0.05, 0) is 42.6 Å². The average molecular weight is 301 g/mol. The number of hydrogen-bond acceptors (Lipinski definition) is 1. The second-order valence-corrected chi connectivity index (χ2v) is 4.61. The van der Waals surface area contributed by atoms with Crippen LogP contribution in [0, 0.1) is 18.6 Å². The number of pyridine rings is 1. The standard InChI is InChI=1S/C16H11F2NO.C2H6/c1-10-8-11-4-2-7-14(18)15(11)16(20)19(10)13-6-3-5-12(17)9-13;1-2/h2-9H,1H3;1-2H3. The molecule has 0 unspecified atom stereocenters. The number of rotatable bonds is 1. The molecule has 4 heteroatoms. The van der Waals surface area contributed by atoms with Crippen molar-refractivity contribution in [2.75, 3.05) is 0 Å². The van der Waals surface area contributed by atoms with Crippen molar-refractivity contribution in [2.24, 2.45) is 0 Å². The molecule has 2 aromatic carbocycles. The number of halogens is 2. The molecule has 0 aliphatic rings. The monoisotopic (exact) mass is 301 g/mol. The first-order chi connectivity index (χ1) is 10.6. The highest BCUT2D eigenvalue weighted by Crippen LogP contribution is 2.18. The maximum atomic E-state index is 13.9. The molecule has 0 saturated heterocycles. The smallest absolute Gasteiger partial charge is 0.266 e. The van der Waals surface area contributed by atoms with Crippen molar-refractivity contribution < 1.29 is 8.78 Å². The molecule has 0 aliphatic heterocycles. The summed E-state index contributed by atoms with van der Waals surface area (Å²) in [7, 11) is 0. The summed E-state index contributed by atoms with van der Waals surface area (Å²) in [5, 5.41) is 0.558. The second kappa shape index (κ2) is 6.52. The first kappa shape index (κ1) is 15.9. The minimum atomic E-state index is -0.572. The molecule has 22 heavy (non-hydrogen) atoms. The molecule has 0 atom stereocenters. The van der Waals surface area contributed by atoms with Crippen molar-refractivity contribution in [3.63, 3.8) is 0 Å². The van der Waals surface area contributed by atoms with Gasteiger partial charge in [-0.2, -0.15) is 0 Å². The van der Waals surface area contributed by atoms with E-state index in [4.69, 9.17) is 0 Å². The van der Waals surface area contributed by atoms with Crippen molar-refractivity contribution in [3.8, 4) is 5.69 Å². The molecule has 0 fully saturated rings. The Morgan fingerprint density at radius 2 is 1.64 bits per heavy atom. The van der Waals surface area contributed by atoms with E-state index in [2.05, 4.69) is 0 Å². The minimum Gasteiger partial charge on any atom is -0.281 e. The van der Waals surface area contributed by atoms with Gasteiger partial charge in [-0.1, -0.05) is 32.0 Å². The van der Waals surface area contributed by atoms with E-state index in [-0.39, 0.29) is 5.39 Å². The van der Waals surface area contributed by atoms with Crippen LogP contribution in [0.15, 0.2) is 53.3 Å². The molecule has 0 amide bonds. The molecule has 3 aromatic rings. The van der Waals surface area contributed by atoms with Crippen LogP contribution in [-0.2, 0) is 0 Å². The summed E-state index contributed by atoms with van der Waals surface area (Å²) < 4.78 is 28.5. The molecule has 3 rings (SSSR count). The lowest BCUT2D eigenvalue weighted by Crippen LogP contribution is -2.21. The largest absolute Gasteiger partial charge is 0.281 e. The van der Waals surface area contributed by atoms with Gasteiger partial charge in [-0.25, -0.2) is 8.78 Å². The van der Waals surface area contributed by atoms with Gasteiger partial charge in [0.1, 0.15) is 11.6 Å². The van der Waals surface area contributed by atoms with Gasteiger partial charge in [0.2, 0.25) is 0 Å². The van der Waals surface area contributed by atoms with Crippen molar-refractivity contribution >= 4 is 10.8 Å². The van der Waals surface area contributed by atoms with Crippen LogP contribution < -0.4 is 5.56 Å². The maximum absolute atomic E-state index is 13.9. The van der Waals surface area contributed by atoms with Crippen LogP contribution in [0.2, 0.25) is 0 Å². The quantitative estimate of drug-likeness (QED) is 0.643. The minimum absolute atomic E-state index is 0.0161. The number of hydrogen-bond donors (Lipinski definition) is 0. The summed E-state index contributed by atoms with van der Waals surface area (Å²) in [6.45, 7) is 5.73. The summed E-state index contributed by atoms with van der Waals surface area (Å²) in [4.78, 5) is 12.5. The second-order valence-electron chi connectivity index (χ2n) is 4.61. The lowest BCUT2D eigenvalue weighted by Gasteiger charge is -2.12. The molecule has 0 bridgehead atoms. The molecule has 1 aromatic heterocycles. The van der Waals surface area contributed by atoms with Crippen LogP contribution in [0.5, 0.6) is 0 Å². The average Bonchev–Trinajstić information content (AvgIpc) is 2.49. The molecule has 0 N–H and O–H groups in total. The zero-order valence-corrected chi connectivity index (χ0v) is 12.7. The van der Waals surface area contributed by atoms with Gasteiger partial charge in [0.05, 0.1) is 11.1 Å². The van der Waals surface area contributed by atoms with E-state index in [0.29, 0.717) is 16.8 Å². The summed E-state index contributed by atoms with van der Waals surface area (Å²) in [6, 6.07) is 11.9. The molecule has 0 saturated carbocycles. The van der Waals surface area contributed by atoms with Crippen molar-refractivity contribution in [3.05, 3.63) is 76.2 Å². The van der Waals surface area contributed by atoms with Crippen LogP contribution in [-0.4, -0.2) is 4.57 Å². The number of nitrogens with zero attached hydrogens (tertiary/aromatic N) is 1.